The van der Waals surface area contributed by atoms with Gasteiger partial charge in [0.15, 0.2) is 11.6 Å². The summed E-state index contributed by atoms with van der Waals surface area (Å²) in [7, 11) is 2.79. The zero-order valence-corrected chi connectivity index (χ0v) is 11.4. The van der Waals surface area contributed by atoms with Crippen LogP contribution in [0.3, 0.4) is 0 Å². The van der Waals surface area contributed by atoms with Gasteiger partial charge in [0.2, 0.25) is 0 Å². The van der Waals surface area contributed by atoms with Crippen molar-refractivity contribution >= 4 is 5.97 Å². The molecule has 3 nitrogen and oxygen atoms in total. The van der Waals surface area contributed by atoms with Crippen LogP contribution in [-0.2, 0) is 11.2 Å². The van der Waals surface area contributed by atoms with E-state index in [1.807, 2.05) is 18.2 Å². The fourth-order valence-electron chi connectivity index (χ4n) is 2.02. The summed E-state index contributed by atoms with van der Waals surface area (Å²) in [4.78, 5) is 11.3. The number of esters is 1. The first-order valence-corrected chi connectivity index (χ1v) is 6.14. The molecule has 0 heterocycles. The molecule has 0 saturated carbocycles. The number of hydrogen-bond donors (Lipinski definition) is 0. The lowest BCUT2D eigenvalue weighted by molar-refractivity contribution is 0.0600. The Hall–Kier alpha value is -2.36. The van der Waals surface area contributed by atoms with Crippen molar-refractivity contribution in [2.24, 2.45) is 0 Å². The summed E-state index contributed by atoms with van der Waals surface area (Å²) >= 11 is 0. The lowest BCUT2D eigenvalue weighted by Gasteiger charge is -2.09. The quantitative estimate of drug-likeness (QED) is 0.803. The number of carbonyl (C=O) groups excluding carboxylic acids is 1. The van der Waals surface area contributed by atoms with Crippen LogP contribution in [0.2, 0.25) is 0 Å². The van der Waals surface area contributed by atoms with Crippen LogP contribution in [0, 0.1) is 5.82 Å². The predicted octanol–water partition coefficient (Wildman–Crippen LogP) is 3.21. The van der Waals surface area contributed by atoms with Gasteiger partial charge in [-0.3, -0.25) is 0 Å². The van der Waals surface area contributed by atoms with Crippen LogP contribution in [0.1, 0.15) is 21.5 Å². The van der Waals surface area contributed by atoms with Crippen molar-refractivity contribution in [2.45, 2.75) is 6.42 Å². The van der Waals surface area contributed by atoms with E-state index in [0.29, 0.717) is 12.0 Å². The third-order valence-electron chi connectivity index (χ3n) is 3.02. The number of hydrogen-bond acceptors (Lipinski definition) is 3. The van der Waals surface area contributed by atoms with Crippen LogP contribution in [0.4, 0.5) is 4.39 Å². The van der Waals surface area contributed by atoms with E-state index in [0.717, 1.165) is 11.1 Å². The fourth-order valence-corrected chi connectivity index (χ4v) is 2.02. The minimum absolute atomic E-state index is 0.254. The van der Waals surface area contributed by atoms with Gasteiger partial charge in [-0.15, -0.1) is 0 Å². The number of carbonyl (C=O) groups is 1. The third kappa shape index (κ3) is 2.96. The molecule has 0 atom stereocenters. The van der Waals surface area contributed by atoms with Gasteiger partial charge in [-0.2, -0.15) is 0 Å². The molecule has 0 bridgehead atoms. The SMILES string of the molecule is COC(=O)c1ccc(Cc2cccc(F)c2OC)cc1. The van der Waals surface area contributed by atoms with Crippen LogP contribution >= 0.6 is 0 Å². The zero-order chi connectivity index (χ0) is 14.5. The van der Waals surface area contributed by atoms with Crippen molar-refractivity contribution in [3.8, 4) is 5.75 Å². The number of rotatable bonds is 4. The van der Waals surface area contributed by atoms with E-state index in [-0.39, 0.29) is 17.5 Å². The first-order chi connectivity index (χ1) is 9.65. The molecule has 104 valence electrons. The normalized spacial score (nSPS) is 10.2. The molecule has 0 unspecified atom stereocenters. The second-order valence-electron chi connectivity index (χ2n) is 4.30. The van der Waals surface area contributed by atoms with Crippen molar-refractivity contribution in [1.29, 1.82) is 0 Å². The van der Waals surface area contributed by atoms with Gasteiger partial charge >= 0.3 is 5.97 Å². The van der Waals surface area contributed by atoms with Crippen molar-refractivity contribution in [1.82, 2.24) is 0 Å². The molecule has 0 fully saturated rings. The molecular formula is C16H15FO3. The molecule has 0 aliphatic heterocycles. The van der Waals surface area contributed by atoms with Crippen LogP contribution in [-0.4, -0.2) is 20.2 Å². The summed E-state index contributed by atoms with van der Waals surface area (Å²) in [5, 5.41) is 0. The second-order valence-corrected chi connectivity index (χ2v) is 4.30. The van der Waals surface area contributed by atoms with Gasteiger partial charge in [-0.05, 0) is 23.8 Å². The van der Waals surface area contributed by atoms with E-state index in [9.17, 15) is 9.18 Å². The summed E-state index contributed by atoms with van der Waals surface area (Å²) in [5.74, 6) is -0.499. The highest BCUT2D eigenvalue weighted by atomic mass is 19.1. The van der Waals surface area contributed by atoms with Gasteiger partial charge in [-0.25, -0.2) is 9.18 Å². The number of para-hydroxylation sites is 1. The van der Waals surface area contributed by atoms with E-state index >= 15 is 0 Å². The topological polar surface area (TPSA) is 35.5 Å². The summed E-state index contributed by atoms with van der Waals surface area (Å²) in [6.07, 6.45) is 0.530. The molecule has 0 radical (unpaired) electrons. The summed E-state index contributed by atoms with van der Waals surface area (Å²) in [6.45, 7) is 0. The smallest absolute Gasteiger partial charge is 0.337 e. The number of methoxy groups -OCH3 is 2. The van der Waals surface area contributed by atoms with E-state index in [4.69, 9.17) is 4.74 Å². The van der Waals surface area contributed by atoms with Gasteiger partial charge < -0.3 is 9.47 Å². The summed E-state index contributed by atoms with van der Waals surface area (Å²) < 4.78 is 23.3. The molecule has 2 aromatic carbocycles. The highest BCUT2D eigenvalue weighted by molar-refractivity contribution is 5.89. The molecule has 4 heteroatoms. The Bertz CT molecular complexity index is 606. The van der Waals surface area contributed by atoms with Gasteiger partial charge in [0, 0.05) is 12.0 Å². The molecule has 0 aliphatic carbocycles. The maximum atomic E-state index is 13.6. The van der Waals surface area contributed by atoms with E-state index in [1.54, 1.807) is 18.2 Å². The number of benzene rings is 2. The number of halogens is 1. The monoisotopic (exact) mass is 274 g/mol. The van der Waals surface area contributed by atoms with Crippen molar-refractivity contribution in [3.05, 3.63) is 65.0 Å². The summed E-state index contributed by atoms with van der Waals surface area (Å²) in [6, 6.07) is 11.8. The van der Waals surface area contributed by atoms with Gasteiger partial charge in [-0.1, -0.05) is 24.3 Å². The zero-order valence-electron chi connectivity index (χ0n) is 11.4. The lowest BCUT2D eigenvalue weighted by Crippen LogP contribution is -2.01. The average Bonchev–Trinajstić information content (AvgIpc) is 2.47. The fraction of sp³-hybridized carbons (Fsp3) is 0.188. The Kier molecular flexibility index (Phi) is 4.35. The van der Waals surface area contributed by atoms with Gasteiger partial charge in [0.1, 0.15) is 0 Å². The lowest BCUT2D eigenvalue weighted by atomic mass is 10.0. The van der Waals surface area contributed by atoms with Gasteiger partial charge in [0.25, 0.3) is 0 Å². The number of ether oxygens (including phenoxy) is 2. The van der Waals surface area contributed by atoms with Gasteiger partial charge in [0.05, 0.1) is 19.8 Å². The Morgan fingerprint density at radius 1 is 1.10 bits per heavy atom. The standard InChI is InChI=1S/C16H15FO3/c1-19-15-13(4-3-5-14(15)17)10-11-6-8-12(9-7-11)16(18)20-2/h3-9H,10H2,1-2H3. The first-order valence-electron chi connectivity index (χ1n) is 6.14. The predicted molar refractivity (Wildman–Crippen MR) is 73.5 cm³/mol. The molecule has 2 rings (SSSR count). The molecule has 0 aliphatic rings. The molecule has 0 amide bonds. The molecule has 0 aromatic heterocycles. The van der Waals surface area contributed by atoms with Crippen LogP contribution in [0.25, 0.3) is 0 Å². The van der Waals surface area contributed by atoms with E-state index < -0.39 is 0 Å². The second kappa shape index (κ2) is 6.19. The van der Waals surface area contributed by atoms with Crippen molar-refractivity contribution in [3.63, 3.8) is 0 Å². The third-order valence-corrected chi connectivity index (χ3v) is 3.02. The first kappa shape index (κ1) is 14.1. The Morgan fingerprint density at radius 2 is 1.80 bits per heavy atom. The maximum absolute atomic E-state index is 13.6. The van der Waals surface area contributed by atoms with E-state index in [1.165, 1.54) is 20.3 Å². The van der Waals surface area contributed by atoms with E-state index in [2.05, 4.69) is 4.74 Å². The highest BCUT2D eigenvalue weighted by Crippen LogP contribution is 2.24. The van der Waals surface area contributed by atoms with Crippen molar-refractivity contribution in [2.75, 3.05) is 14.2 Å². The molecule has 2 aromatic rings. The Labute approximate surface area is 117 Å². The van der Waals surface area contributed by atoms with Crippen LogP contribution in [0.15, 0.2) is 42.5 Å². The average molecular weight is 274 g/mol. The molecule has 0 spiro atoms. The minimum Gasteiger partial charge on any atom is -0.493 e. The molecule has 20 heavy (non-hydrogen) atoms. The van der Waals surface area contributed by atoms with Crippen LogP contribution in [0.5, 0.6) is 5.75 Å². The Morgan fingerprint density at radius 3 is 2.40 bits per heavy atom. The van der Waals surface area contributed by atoms with Crippen LogP contribution < -0.4 is 4.74 Å². The minimum atomic E-state index is -0.379. The maximum Gasteiger partial charge on any atom is 0.337 e. The largest absolute Gasteiger partial charge is 0.493 e. The highest BCUT2D eigenvalue weighted by Gasteiger charge is 2.10. The Balaban J connectivity index is 2.22. The molecular weight excluding hydrogens is 259 g/mol. The molecule has 0 saturated heterocycles. The van der Waals surface area contributed by atoms with Crippen molar-refractivity contribution < 1.29 is 18.7 Å². The summed E-state index contributed by atoms with van der Waals surface area (Å²) in [5.41, 5.74) is 2.21. The molecule has 0 N–H and O–H groups in total.